The first kappa shape index (κ1) is 18.2. The molecule has 1 aromatic carbocycles. The molecule has 0 aliphatic carbocycles. The molecule has 3 aromatic rings. The van der Waals surface area contributed by atoms with Crippen LogP contribution in [0.1, 0.15) is 6.92 Å². The van der Waals surface area contributed by atoms with Gasteiger partial charge in [-0.25, -0.2) is 4.39 Å². The predicted molar refractivity (Wildman–Crippen MR) is 99.1 cm³/mol. The van der Waals surface area contributed by atoms with Crippen LogP contribution in [0.2, 0.25) is 0 Å². The molecule has 27 heavy (non-hydrogen) atoms. The number of benzene rings is 1. The lowest BCUT2D eigenvalue weighted by Gasteiger charge is -2.10. The van der Waals surface area contributed by atoms with Crippen LogP contribution in [0.4, 0.5) is 10.2 Å². The molecule has 0 spiro atoms. The number of nitrogens with one attached hydrogen (secondary N) is 2. The molecule has 8 heteroatoms. The van der Waals surface area contributed by atoms with Crippen molar-refractivity contribution >= 4 is 17.6 Å². The molecule has 0 aliphatic heterocycles. The summed E-state index contributed by atoms with van der Waals surface area (Å²) in [4.78, 5) is 27.3. The molecular formula is C19H18FN5O2. The van der Waals surface area contributed by atoms with Gasteiger partial charge in [0.05, 0.1) is 12.1 Å². The topological polar surface area (TPSA) is 88.9 Å². The van der Waals surface area contributed by atoms with Crippen molar-refractivity contribution in [1.82, 2.24) is 20.1 Å². The first-order chi connectivity index (χ1) is 13.0. The number of hydrogen-bond acceptors (Lipinski definition) is 4. The van der Waals surface area contributed by atoms with Crippen molar-refractivity contribution < 1.29 is 14.0 Å². The zero-order chi connectivity index (χ0) is 19.4. The van der Waals surface area contributed by atoms with E-state index in [0.717, 1.165) is 5.56 Å². The Hall–Kier alpha value is -3.55. The SMILES string of the molecule is CC(=O)NCC(=O)Nc1c(-c2ccncc2)c(-c2ccc(F)cc2)nn1C. The molecule has 0 saturated carbocycles. The van der Waals surface area contributed by atoms with Gasteiger partial charge < -0.3 is 10.6 Å². The Balaban J connectivity index is 2.06. The van der Waals surface area contributed by atoms with Crippen molar-refractivity contribution in [2.45, 2.75) is 6.92 Å². The molecule has 0 aliphatic rings. The normalized spacial score (nSPS) is 10.5. The van der Waals surface area contributed by atoms with E-state index in [4.69, 9.17) is 0 Å². The van der Waals surface area contributed by atoms with Gasteiger partial charge in [0.1, 0.15) is 17.3 Å². The Bertz CT molecular complexity index is 968. The van der Waals surface area contributed by atoms with E-state index in [2.05, 4.69) is 20.7 Å². The summed E-state index contributed by atoms with van der Waals surface area (Å²) < 4.78 is 14.8. The largest absolute Gasteiger partial charge is 0.347 e. The van der Waals surface area contributed by atoms with E-state index in [9.17, 15) is 14.0 Å². The zero-order valence-corrected chi connectivity index (χ0v) is 14.9. The van der Waals surface area contributed by atoms with Crippen molar-refractivity contribution in [3.8, 4) is 22.4 Å². The molecule has 0 unspecified atom stereocenters. The summed E-state index contributed by atoms with van der Waals surface area (Å²) in [5, 5.41) is 9.75. The Kier molecular flexibility index (Phi) is 5.25. The first-order valence-corrected chi connectivity index (χ1v) is 8.23. The second kappa shape index (κ2) is 7.77. The minimum absolute atomic E-state index is 0.151. The highest BCUT2D eigenvalue weighted by molar-refractivity contribution is 5.99. The van der Waals surface area contributed by atoms with Gasteiger partial charge in [-0.2, -0.15) is 5.10 Å². The fraction of sp³-hybridized carbons (Fsp3) is 0.158. The highest BCUT2D eigenvalue weighted by Crippen LogP contribution is 2.37. The maximum Gasteiger partial charge on any atom is 0.244 e. The monoisotopic (exact) mass is 367 g/mol. The standard InChI is InChI=1S/C19H18FN5O2/c1-12(26)22-11-16(27)23-19-17(13-7-9-21-10-8-13)18(24-25(19)2)14-3-5-15(20)6-4-14/h3-10H,11H2,1-2H3,(H,22,26)(H,23,27). The third-order valence-corrected chi connectivity index (χ3v) is 3.89. The number of rotatable bonds is 5. The Morgan fingerprint density at radius 3 is 2.37 bits per heavy atom. The molecule has 7 nitrogen and oxygen atoms in total. The number of aryl methyl sites for hydroxylation is 1. The number of carbonyl (C=O) groups is 2. The number of aromatic nitrogens is 3. The first-order valence-electron chi connectivity index (χ1n) is 8.23. The number of nitrogens with zero attached hydrogens (tertiary/aromatic N) is 3. The molecule has 2 amide bonds. The molecule has 2 N–H and O–H groups in total. The lowest BCUT2D eigenvalue weighted by Crippen LogP contribution is -2.31. The van der Waals surface area contributed by atoms with Crippen LogP contribution in [0, 0.1) is 5.82 Å². The van der Waals surface area contributed by atoms with E-state index in [0.29, 0.717) is 22.6 Å². The number of amides is 2. The predicted octanol–water partition coefficient (Wildman–Crippen LogP) is 2.36. The molecular weight excluding hydrogens is 349 g/mol. The zero-order valence-electron chi connectivity index (χ0n) is 14.9. The fourth-order valence-electron chi connectivity index (χ4n) is 2.65. The van der Waals surface area contributed by atoms with Crippen molar-refractivity contribution in [1.29, 1.82) is 0 Å². The Labute approximate surface area is 155 Å². The van der Waals surface area contributed by atoms with Crippen LogP contribution in [0.15, 0.2) is 48.8 Å². The molecule has 138 valence electrons. The van der Waals surface area contributed by atoms with Crippen molar-refractivity contribution in [2.75, 3.05) is 11.9 Å². The molecule has 0 bridgehead atoms. The molecule has 0 fully saturated rings. The van der Waals surface area contributed by atoms with Crippen molar-refractivity contribution in [3.63, 3.8) is 0 Å². The Morgan fingerprint density at radius 2 is 1.74 bits per heavy atom. The minimum atomic E-state index is -0.380. The van der Waals surface area contributed by atoms with Crippen LogP contribution in [0.5, 0.6) is 0 Å². The van der Waals surface area contributed by atoms with Gasteiger partial charge in [-0.1, -0.05) is 0 Å². The third-order valence-electron chi connectivity index (χ3n) is 3.89. The highest BCUT2D eigenvalue weighted by atomic mass is 19.1. The van der Waals surface area contributed by atoms with Gasteiger partial charge >= 0.3 is 0 Å². The molecule has 2 aromatic heterocycles. The second-order valence-corrected chi connectivity index (χ2v) is 5.90. The van der Waals surface area contributed by atoms with Crippen LogP contribution in [-0.2, 0) is 16.6 Å². The van der Waals surface area contributed by atoms with Crippen LogP contribution < -0.4 is 10.6 Å². The average molecular weight is 367 g/mol. The Morgan fingerprint density at radius 1 is 1.07 bits per heavy atom. The minimum Gasteiger partial charge on any atom is -0.347 e. The van der Waals surface area contributed by atoms with Gasteiger partial charge in [0, 0.05) is 31.9 Å². The summed E-state index contributed by atoms with van der Waals surface area (Å²) in [5.41, 5.74) is 2.79. The van der Waals surface area contributed by atoms with Crippen molar-refractivity contribution in [2.24, 2.45) is 7.05 Å². The van der Waals surface area contributed by atoms with E-state index in [-0.39, 0.29) is 24.2 Å². The van der Waals surface area contributed by atoms with Crippen molar-refractivity contribution in [3.05, 3.63) is 54.6 Å². The van der Waals surface area contributed by atoms with Gasteiger partial charge in [-0.15, -0.1) is 0 Å². The molecule has 0 radical (unpaired) electrons. The summed E-state index contributed by atoms with van der Waals surface area (Å²) in [6.07, 6.45) is 3.28. The highest BCUT2D eigenvalue weighted by Gasteiger charge is 2.21. The summed E-state index contributed by atoms with van der Waals surface area (Å²) in [5.74, 6) is -0.550. The molecule has 0 saturated heterocycles. The number of halogens is 1. The summed E-state index contributed by atoms with van der Waals surface area (Å²) in [6, 6.07) is 9.57. The quantitative estimate of drug-likeness (QED) is 0.725. The van der Waals surface area contributed by atoms with Crippen LogP contribution in [-0.4, -0.2) is 33.1 Å². The van der Waals surface area contributed by atoms with Gasteiger partial charge in [-0.3, -0.25) is 19.3 Å². The van der Waals surface area contributed by atoms with E-state index in [1.54, 1.807) is 48.4 Å². The molecule has 0 atom stereocenters. The van der Waals surface area contributed by atoms with E-state index in [1.165, 1.54) is 19.1 Å². The lowest BCUT2D eigenvalue weighted by molar-refractivity contribution is -0.122. The second-order valence-electron chi connectivity index (χ2n) is 5.90. The lowest BCUT2D eigenvalue weighted by atomic mass is 10.0. The summed E-state index contributed by atoms with van der Waals surface area (Å²) >= 11 is 0. The number of anilines is 1. The van der Waals surface area contributed by atoms with E-state index in [1.807, 2.05) is 0 Å². The van der Waals surface area contributed by atoms with Gasteiger partial charge in [0.2, 0.25) is 11.8 Å². The fourth-order valence-corrected chi connectivity index (χ4v) is 2.65. The van der Waals surface area contributed by atoms with Crippen LogP contribution in [0.3, 0.4) is 0 Å². The number of pyridine rings is 1. The average Bonchev–Trinajstić information content (AvgIpc) is 2.97. The third kappa shape index (κ3) is 4.17. The number of hydrogen-bond donors (Lipinski definition) is 2. The van der Waals surface area contributed by atoms with Crippen LogP contribution >= 0.6 is 0 Å². The van der Waals surface area contributed by atoms with Gasteiger partial charge in [-0.05, 0) is 42.0 Å². The molecule has 2 heterocycles. The molecule has 3 rings (SSSR count). The van der Waals surface area contributed by atoms with Gasteiger partial charge in [0.15, 0.2) is 0 Å². The maximum absolute atomic E-state index is 13.3. The smallest absolute Gasteiger partial charge is 0.244 e. The summed E-state index contributed by atoms with van der Waals surface area (Å²) in [6.45, 7) is 1.19. The van der Waals surface area contributed by atoms with E-state index < -0.39 is 0 Å². The summed E-state index contributed by atoms with van der Waals surface area (Å²) in [7, 11) is 1.70. The van der Waals surface area contributed by atoms with Crippen LogP contribution in [0.25, 0.3) is 22.4 Å². The van der Waals surface area contributed by atoms with Gasteiger partial charge in [0.25, 0.3) is 0 Å². The maximum atomic E-state index is 13.3. The van der Waals surface area contributed by atoms with E-state index >= 15 is 0 Å². The number of carbonyl (C=O) groups excluding carboxylic acids is 2.